The Labute approximate surface area is 112 Å². The average molecular weight is 295 g/mol. The fourth-order valence-corrected chi connectivity index (χ4v) is 2.45. The number of halogens is 2. The van der Waals surface area contributed by atoms with E-state index in [1.54, 1.807) is 0 Å². The van der Waals surface area contributed by atoms with E-state index >= 15 is 0 Å². The van der Waals surface area contributed by atoms with Crippen molar-refractivity contribution in [3.05, 3.63) is 34.6 Å². The first kappa shape index (κ1) is 15.4. The Hall–Kier alpha value is -0.690. The van der Waals surface area contributed by atoms with E-state index in [-0.39, 0.29) is 17.3 Å². The lowest BCUT2D eigenvalue weighted by Gasteiger charge is -2.07. The van der Waals surface area contributed by atoms with Crippen molar-refractivity contribution in [3.63, 3.8) is 0 Å². The van der Waals surface area contributed by atoms with Crippen molar-refractivity contribution in [2.75, 3.05) is 18.8 Å². The molecule has 0 atom stereocenters. The summed E-state index contributed by atoms with van der Waals surface area (Å²) in [6.45, 7) is 3.13. The van der Waals surface area contributed by atoms with E-state index < -0.39 is 15.8 Å². The van der Waals surface area contributed by atoms with Crippen LogP contribution in [0.3, 0.4) is 0 Å². The molecule has 1 aromatic carbocycles. The molecule has 4 nitrogen and oxygen atoms in total. The molecule has 0 radical (unpaired) electrons. The van der Waals surface area contributed by atoms with Gasteiger partial charge in [0.2, 0.25) is 10.0 Å². The van der Waals surface area contributed by atoms with Crippen LogP contribution in [0.4, 0.5) is 4.39 Å². The highest BCUT2D eigenvalue weighted by Gasteiger charge is 2.09. The molecule has 2 N–H and O–H groups in total. The molecular formula is C11H16ClFN2O2S. The van der Waals surface area contributed by atoms with E-state index in [9.17, 15) is 12.8 Å². The van der Waals surface area contributed by atoms with Crippen LogP contribution in [-0.4, -0.2) is 27.3 Å². The number of nitrogens with one attached hydrogen (secondary N) is 2. The molecule has 0 spiro atoms. The van der Waals surface area contributed by atoms with Gasteiger partial charge in [0.25, 0.3) is 0 Å². The second-order valence-corrected chi connectivity index (χ2v) is 6.08. The highest BCUT2D eigenvalue weighted by molar-refractivity contribution is 7.89. The van der Waals surface area contributed by atoms with Gasteiger partial charge in [0.05, 0.1) is 10.8 Å². The molecule has 1 rings (SSSR count). The minimum absolute atomic E-state index is 0.00969. The van der Waals surface area contributed by atoms with Crippen molar-refractivity contribution in [3.8, 4) is 0 Å². The van der Waals surface area contributed by atoms with E-state index in [0.29, 0.717) is 12.1 Å². The zero-order valence-corrected chi connectivity index (χ0v) is 11.6. The molecule has 1 aromatic rings. The van der Waals surface area contributed by atoms with Gasteiger partial charge in [0, 0.05) is 13.1 Å². The van der Waals surface area contributed by atoms with E-state index in [1.165, 1.54) is 18.2 Å². The minimum atomic E-state index is -3.32. The molecule has 0 heterocycles. The van der Waals surface area contributed by atoms with Gasteiger partial charge >= 0.3 is 0 Å². The SMILES string of the molecule is CCNCCS(=O)(=O)NCc1ccc(F)c(Cl)c1. The molecule has 0 aliphatic heterocycles. The van der Waals surface area contributed by atoms with E-state index in [4.69, 9.17) is 11.6 Å². The first-order valence-electron chi connectivity index (χ1n) is 5.56. The molecule has 7 heteroatoms. The average Bonchev–Trinajstić information content (AvgIpc) is 2.31. The van der Waals surface area contributed by atoms with Gasteiger partial charge in [-0.25, -0.2) is 17.5 Å². The van der Waals surface area contributed by atoms with Gasteiger partial charge in [0.15, 0.2) is 0 Å². The third-order valence-corrected chi connectivity index (χ3v) is 3.89. The summed E-state index contributed by atoms with van der Waals surface area (Å²) in [5.74, 6) is -0.508. The van der Waals surface area contributed by atoms with Gasteiger partial charge in [-0.1, -0.05) is 24.6 Å². The predicted octanol–water partition coefficient (Wildman–Crippen LogP) is 1.51. The van der Waals surface area contributed by atoms with Gasteiger partial charge in [-0.05, 0) is 24.2 Å². The van der Waals surface area contributed by atoms with Crippen LogP contribution >= 0.6 is 11.6 Å². The highest BCUT2D eigenvalue weighted by atomic mass is 35.5. The van der Waals surface area contributed by atoms with Crippen molar-refractivity contribution in [2.45, 2.75) is 13.5 Å². The molecular weight excluding hydrogens is 279 g/mol. The number of hydrogen-bond donors (Lipinski definition) is 2. The molecule has 0 aliphatic rings. The first-order chi connectivity index (χ1) is 8.44. The Morgan fingerprint density at radius 2 is 2.11 bits per heavy atom. The maximum atomic E-state index is 12.9. The maximum absolute atomic E-state index is 12.9. The largest absolute Gasteiger partial charge is 0.316 e. The summed E-state index contributed by atoms with van der Waals surface area (Å²) in [7, 11) is -3.32. The fraction of sp³-hybridized carbons (Fsp3) is 0.455. The van der Waals surface area contributed by atoms with Gasteiger partial charge in [0.1, 0.15) is 5.82 Å². The Balaban J connectivity index is 2.51. The molecule has 0 aromatic heterocycles. The van der Waals surface area contributed by atoms with Crippen molar-refractivity contribution in [2.24, 2.45) is 0 Å². The zero-order chi connectivity index (χ0) is 13.6. The predicted molar refractivity (Wildman–Crippen MR) is 70.6 cm³/mol. The maximum Gasteiger partial charge on any atom is 0.213 e. The molecule has 102 valence electrons. The summed E-state index contributed by atoms with van der Waals surface area (Å²) in [6.07, 6.45) is 0. The Kier molecular flexibility index (Phi) is 6.01. The number of rotatable bonds is 7. The molecule has 0 aliphatic carbocycles. The van der Waals surface area contributed by atoms with Crippen LogP contribution in [-0.2, 0) is 16.6 Å². The number of sulfonamides is 1. The molecule has 0 bridgehead atoms. The van der Waals surface area contributed by atoms with Crippen LogP contribution in [0.25, 0.3) is 0 Å². The second-order valence-electron chi connectivity index (χ2n) is 3.74. The van der Waals surface area contributed by atoms with Gasteiger partial charge in [-0.3, -0.25) is 0 Å². The van der Waals surface area contributed by atoms with Crippen molar-refractivity contribution in [1.29, 1.82) is 0 Å². The van der Waals surface area contributed by atoms with Crippen molar-refractivity contribution < 1.29 is 12.8 Å². The molecule has 0 saturated heterocycles. The van der Waals surface area contributed by atoms with Crippen LogP contribution in [0, 0.1) is 5.82 Å². The lowest BCUT2D eigenvalue weighted by Crippen LogP contribution is -2.31. The van der Waals surface area contributed by atoms with Crippen molar-refractivity contribution >= 4 is 21.6 Å². The molecule has 18 heavy (non-hydrogen) atoms. The van der Waals surface area contributed by atoms with Crippen LogP contribution < -0.4 is 10.0 Å². The van der Waals surface area contributed by atoms with Crippen molar-refractivity contribution in [1.82, 2.24) is 10.0 Å². The summed E-state index contributed by atoms with van der Waals surface area (Å²) >= 11 is 5.60. The molecule has 0 fully saturated rings. The zero-order valence-electron chi connectivity index (χ0n) is 10.0. The third kappa shape index (κ3) is 5.30. The van der Waals surface area contributed by atoms with Crippen LogP contribution in [0.1, 0.15) is 12.5 Å². The first-order valence-corrected chi connectivity index (χ1v) is 7.59. The number of benzene rings is 1. The number of hydrogen-bond acceptors (Lipinski definition) is 3. The van der Waals surface area contributed by atoms with Crippen LogP contribution in [0.5, 0.6) is 0 Å². The summed E-state index contributed by atoms with van der Waals surface area (Å²) < 4.78 is 38.5. The van der Waals surface area contributed by atoms with E-state index in [1.807, 2.05) is 6.92 Å². The summed E-state index contributed by atoms with van der Waals surface area (Å²) in [6, 6.07) is 4.11. The Bertz CT molecular complexity index is 494. The molecule has 0 unspecified atom stereocenters. The Morgan fingerprint density at radius 3 is 2.72 bits per heavy atom. The lowest BCUT2D eigenvalue weighted by molar-refractivity contribution is 0.577. The Morgan fingerprint density at radius 1 is 1.39 bits per heavy atom. The smallest absolute Gasteiger partial charge is 0.213 e. The monoisotopic (exact) mass is 294 g/mol. The van der Waals surface area contributed by atoms with Crippen LogP contribution in [0.2, 0.25) is 5.02 Å². The topological polar surface area (TPSA) is 58.2 Å². The van der Waals surface area contributed by atoms with E-state index in [2.05, 4.69) is 10.0 Å². The van der Waals surface area contributed by atoms with Gasteiger partial charge < -0.3 is 5.32 Å². The third-order valence-electron chi connectivity index (χ3n) is 2.28. The minimum Gasteiger partial charge on any atom is -0.316 e. The fourth-order valence-electron chi connectivity index (χ4n) is 1.30. The normalized spacial score (nSPS) is 11.7. The van der Waals surface area contributed by atoms with E-state index in [0.717, 1.165) is 6.54 Å². The quantitative estimate of drug-likeness (QED) is 0.750. The molecule has 0 amide bonds. The van der Waals surface area contributed by atoms with Gasteiger partial charge in [-0.2, -0.15) is 0 Å². The molecule has 0 saturated carbocycles. The van der Waals surface area contributed by atoms with Gasteiger partial charge in [-0.15, -0.1) is 0 Å². The summed E-state index contributed by atoms with van der Waals surface area (Å²) in [5, 5.41) is 2.91. The summed E-state index contributed by atoms with van der Waals surface area (Å²) in [4.78, 5) is 0. The highest BCUT2D eigenvalue weighted by Crippen LogP contribution is 2.15. The standard InChI is InChI=1S/C11H16ClFN2O2S/c1-2-14-5-6-18(16,17)15-8-9-3-4-11(13)10(12)7-9/h3-4,7,14-15H,2,5-6,8H2,1H3. The van der Waals surface area contributed by atoms with Crippen LogP contribution in [0.15, 0.2) is 18.2 Å². The summed E-state index contributed by atoms with van der Waals surface area (Å²) in [5.41, 5.74) is 0.619. The lowest BCUT2D eigenvalue weighted by atomic mass is 10.2. The second kappa shape index (κ2) is 7.04.